The summed E-state index contributed by atoms with van der Waals surface area (Å²) in [6, 6.07) is 8.94. The van der Waals surface area contributed by atoms with Gasteiger partial charge < -0.3 is 11.1 Å². The second-order valence-electron chi connectivity index (χ2n) is 3.44. The van der Waals surface area contributed by atoms with Gasteiger partial charge in [-0.25, -0.2) is 4.98 Å². The number of nitrogens with one attached hydrogen (secondary N) is 1. The first-order valence-corrected chi connectivity index (χ1v) is 5.16. The molecule has 0 saturated carbocycles. The predicted octanol–water partition coefficient (Wildman–Crippen LogP) is 1.19. The van der Waals surface area contributed by atoms with Crippen LogP contribution in [0.2, 0.25) is 0 Å². The van der Waals surface area contributed by atoms with Gasteiger partial charge in [-0.2, -0.15) is 0 Å². The fourth-order valence-corrected chi connectivity index (χ4v) is 1.42. The number of aromatic nitrogens is 2. The van der Waals surface area contributed by atoms with Gasteiger partial charge in [0.2, 0.25) is 0 Å². The summed E-state index contributed by atoms with van der Waals surface area (Å²) in [5.41, 5.74) is 6.50. The average Bonchev–Trinajstić information content (AvgIpc) is 2.38. The van der Waals surface area contributed by atoms with Crippen LogP contribution in [0.4, 0.5) is 5.82 Å². The summed E-state index contributed by atoms with van der Waals surface area (Å²) in [7, 11) is 0. The summed E-state index contributed by atoms with van der Waals surface area (Å²) in [6.07, 6.45) is 3.32. The van der Waals surface area contributed by atoms with Gasteiger partial charge in [-0.3, -0.25) is 9.78 Å². The molecule has 0 spiro atoms. The highest BCUT2D eigenvalue weighted by Crippen LogP contribution is 2.11. The minimum absolute atomic E-state index is 0.378. The standard InChI is InChI=1S/C12H12N4O/c13-11(17)10-5-3-7-15-12(10)16-8-9-4-1-2-6-14-9/h1-7H,8H2,(H2,13,17)(H,15,16). The Morgan fingerprint density at radius 1 is 1.18 bits per heavy atom. The number of amides is 1. The van der Waals surface area contributed by atoms with Gasteiger partial charge in [-0.05, 0) is 24.3 Å². The molecule has 1 amide bonds. The molecule has 17 heavy (non-hydrogen) atoms. The smallest absolute Gasteiger partial charge is 0.252 e. The molecule has 0 radical (unpaired) electrons. The number of hydrogen-bond donors (Lipinski definition) is 2. The summed E-state index contributed by atoms with van der Waals surface area (Å²) in [6.45, 7) is 0.498. The molecular weight excluding hydrogens is 216 g/mol. The van der Waals surface area contributed by atoms with Crippen LogP contribution in [0.25, 0.3) is 0 Å². The number of carbonyl (C=O) groups excluding carboxylic acids is 1. The Labute approximate surface area is 98.7 Å². The molecule has 86 valence electrons. The van der Waals surface area contributed by atoms with E-state index in [-0.39, 0.29) is 0 Å². The van der Waals surface area contributed by atoms with Gasteiger partial charge >= 0.3 is 0 Å². The van der Waals surface area contributed by atoms with Crippen LogP contribution in [-0.4, -0.2) is 15.9 Å². The second-order valence-corrected chi connectivity index (χ2v) is 3.44. The van der Waals surface area contributed by atoms with Crippen molar-refractivity contribution in [2.45, 2.75) is 6.54 Å². The largest absolute Gasteiger partial charge is 0.365 e. The lowest BCUT2D eigenvalue weighted by Gasteiger charge is -2.07. The van der Waals surface area contributed by atoms with Crippen LogP contribution in [0.5, 0.6) is 0 Å². The Hall–Kier alpha value is -2.43. The van der Waals surface area contributed by atoms with Crippen molar-refractivity contribution in [2.24, 2.45) is 5.73 Å². The maximum Gasteiger partial charge on any atom is 0.252 e. The Morgan fingerprint density at radius 2 is 2.00 bits per heavy atom. The van der Waals surface area contributed by atoms with E-state index in [2.05, 4.69) is 15.3 Å². The molecule has 0 aliphatic heterocycles. The van der Waals surface area contributed by atoms with Crippen molar-refractivity contribution in [2.75, 3.05) is 5.32 Å². The van der Waals surface area contributed by atoms with Crippen LogP contribution >= 0.6 is 0 Å². The monoisotopic (exact) mass is 228 g/mol. The minimum atomic E-state index is -0.498. The zero-order valence-electron chi connectivity index (χ0n) is 9.13. The fourth-order valence-electron chi connectivity index (χ4n) is 1.42. The average molecular weight is 228 g/mol. The van der Waals surface area contributed by atoms with Crippen LogP contribution in [0.1, 0.15) is 16.1 Å². The van der Waals surface area contributed by atoms with Crippen molar-refractivity contribution in [3.63, 3.8) is 0 Å². The molecule has 0 unspecified atom stereocenters. The zero-order valence-corrected chi connectivity index (χ0v) is 9.13. The lowest BCUT2D eigenvalue weighted by molar-refractivity contribution is 0.100. The molecule has 5 nitrogen and oxygen atoms in total. The molecule has 5 heteroatoms. The van der Waals surface area contributed by atoms with Gasteiger partial charge in [-0.15, -0.1) is 0 Å². The van der Waals surface area contributed by atoms with E-state index in [1.807, 2.05) is 18.2 Å². The van der Waals surface area contributed by atoms with Crippen molar-refractivity contribution >= 4 is 11.7 Å². The summed E-state index contributed by atoms with van der Waals surface area (Å²) >= 11 is 0. The molecular formula is C12H12N4O. The van der Waals surface area contributed by atoms with Gasteiger partial charge in [-0.1, -0.05) is 6.07 Å². The lowest BCUT2D eigenvalue weighted by Crippen LogP contribution is -2.15. The van der Waals surface area contributed by atoms with Gasteiger partial charge in [0.1, 0.15) is 5.82 Å². The fraction of sp³-hybridized carbons (Fsp3) is 0.0833. The SMILES string of the molecule is NC(=O)c1cccnc1NCc1ccccn1. The van der Waals surface area contributed by atoms with E-state index in [1.165, 1.54) is 0 Å². The quantitative estimate of drug-likeness (QED) is 0.823. The van der Waals surface area contributed by atoms with Crippen molar-refractivity contribution in [3.8, 4) is 0 Å². The summed E-state index contributed by atoms with van der Waals surface area (Å²) < 4.78 is 0. The highest BCUT2D eigenvalue weighted by atomic mass is 16.1. The molecule has 2 aromatic rings. The molecule has 2 heterocycles. The Balaban J connectivity index is 2.12. The molecule has 0 aliphatic carbocycles. The third-order valence-electron chi connectivity index (χ3n) is 2.24. The van der Waals surface area contributed by atoms with E-state index in [1.54, 1.807) is 24.5 Å². The van der Waals surface area contributed by atoms with E-state index >= 15 is 0 Å². The molecule has 2 rings (SSSR count). The number of nitrogens with two attached hydrogens (primary N) is 1. The first kappa shape index (κ1) is 11.1. The van der Waals surface area contributed by atoms with Crippen molar-refractivity contribution < 1.29 is 4.79 Å². The van der Waals surface area contributed by atoms with E-state index in [0.717, 1.165) is 5.69 Å². The number of rotatable bonds is 4. The number of hydrogen-bond acceptors (Lipinski definition) is 4. The van der Waals surface area contributed by atoms with E-state index in [4.69, 9.17) is 5.73 Å². The minimum Gasteiger partial charge on any atom is -0.365 e. The van der Waals surface area contributed by atoms with Crippen molar-refractivity contribution in [3.05, 3.63) is 54.0 Å². The molecule has 0 saturated heterocycles. The number of anilines is 1. The van der Waals surface area contributed by atoms with Gasteiger partial charge in [0.15, 0.2) is 0 Å². The first-order chi connectivity index (χ1) is 8.27. The molecule has 0 atom stereocenters. The molecule has 0 bridgehead atoms. The van der Waals surface area contributed by atoms with Gasteiger partial charge in [0.05, 0.1) is 17.8 Å². The van der Waals surface area contributed by atoms with Crippen LogP contribution in [0.15, 0.2) is 42.7 Å². The first-order valence-electron chi connectivity index (χ1n) is 5.16. The zero-order chi connectivity index (χ0) is 12.1. The summed E-state index contributed by atoms with van der Waals surface area (Å²) in [4.78, 5) is 19.4. The third-order valence-corrected chi connectivity index (χ3v) is 2.24. The highest BCUT2D eigenvalue weighted by Gasteiger charge is 2.07. The third kappa shape index (κ3) is 2.78. The topological polar surface area (TPSA) is 80.9 Å². The number of primary amides is 1. The Bertz CT molecular complexity index is 513. The number of nitrogens with zero attached hydrogens (tertiary/aromatic N) is 2. The van der Waals surface area contributed by atoms with E-state index in [0.29, 0.717) is 17.9 Å². The lowest BCUT2D eigenvalue weighted by atomic mass is 10.2. The van der Waals surface area contributed by atoms with Crippen LogP contribution in [-0.2, 0) is 6.54 Å². The maximum atomic E-state index is 11.2. The number of carbonyl (C=O) groups is 1. The molecule has 3 N–H and O–H groups in total. The highest BCUT2D eigenvalue weighted by molar-refractivity contribution is 5.97. The van der Waals surface area contributed by atoms with E-state index < -0.39 is 5.91 Å². The molecule has 0 aromatic carbocycles. The van der Waals surface area contributed by atoms with Crippen molar-refractivity contribution in [1.82, 2.24) is 9.97 Å². The normalized spacial score (nSPS) is 9.88. The predicted molar refractivity (Wildman–Crippen MR) is 64.3 cm³/mol. The maximum absolute atomic E-state index is 11.2. The summed E-state index contributed by atoms with van der Waals surface area (Å²) in [5.74, 6) is -0.0210. The Morgan fingerprint density at radius 3 is 2.71 bits per heavy atom. The molecule has 0 fully saturated rings. The van der Waals surface area contributed by atoms with Gasteiger partial charge in [0.25, 0.3) is 5.91 Å². The second kappa shape index (κ2) is 5.07. The van der Waals surface area contributed by atoms with Crippen LogP contribution < -0.4 is 11.1 Å². The molecule has 0 aliphatic rings. The molecule has 2 aromatic heterocycles. The van der Waals surface area contributed by atoms with Crippen molar-refractivity contribution in [1.29, 1.82) is 0 Å². The van der Waals surface area contributed by atoms with E-state index in [9.17, 15) is 4.79 Å². The number of pyridine rings is 2. The van der Waals surface area contributed by atoms with Gasteiger partial charge in [0, 0.05) is 12.4 Å². The Kier molecular flexibility index (Phi) is 3.30. The summed E-state index contributed by atoms with van der Waals surface area (Å²) in [5, 5.41) is 3.04. The van der Waals surface area contributed by atoms with Crippen LogP contribution in [0.3, 0.4) is 0 Å². The van der Waals surface area contributed by atoms with Crippen LogP contribution in [0, 0.1) is 0 Å².